The number of halogens is 2. The third-order valence-corrected chi connectivity index (χ3v) is 5.08. The number of urea groups is 1. The largest absolute Gasteiger partial charge is 0.360 e. The molecule has 0 radical (unpaired) electrons. The highest BCUT2D eigenvalue weighted by Crippen LogP contribution is 2.39. The van der Waals surface area contributed by atoms with Crippen molar-refractivity contribution in [3.05, 3.63) is 56.9 Å². The molecule has 1 aromatic carbocycles. The van der Waals surface area contributed by atoms with Crippen molar-refractivity contribution < 1.29 is 14.1 Å². The first-order valence-electron chi connectivity index (χ1n) is 8.11. The van der Waals surface area contributed by atoms with E-state index in [1.54, 1.807) is 52.2 Å². The van der Waals surface area contributed by atoms with Crippen molar-refractivity contribution >= 4 is 41.0 Å². The zero-order chi connectivity index (χ0) is 19.9. The summed E-state index contributed by atoms with van der Waals surface area (Å²) in [7, 11) is 3.23. The summed E-state index contributed by atoms with van der Waals surface area (Å²) in [5, 5.41) is 7.34. The van der Waals surface area contributed by atoms with Crippen molar-refractivity contribution in [1.29, 1.82) is 0 Å². The Labute approximate surface area is 166 Å². The minimum absolute atomic E-state index is 0.252. The second-order valence-electron chi connectivity index (χ2n) is 6.30. The molecular formula is C18H18Cl2N4O3. The van der Waals surface area contributed by atoms with Crippen molar-refractivity contribution in [2.75, 3.05) is 19.4 Å². The highest BCUT2D eigenvalue weighted by molar-refractivity contribution is 6.35. The maximum Gasteiger partial charge on any atom is 0.324 e. The van der Waals surface area contributed by atoms with Crippen LogP contribution in [-0.4, -0.2) is 41.0 Å². The molecule has 1 aromatic heterocycles. The highest BCUT2D eigenvalue weighted by atomic mass is 35.5. The van der Waals surface area contributed by atoms with Gasteiger partial charge in [-0.3, -0.25) is 4.79 Å². The third-order valence-electron chi connectivity index (χ3n) is 4.51. The van der Waals surface area contributed by atoms with Gasteiger partial charge in [0.05, 0.1) is 11.6 Å². The molecule has 3 rings (SSSR count). The van der Waals surface area contributed by atoms with Crippen LogP contribution in [0.3, 0.4) is 0 Å². The average molecular weight is 409 g/mol. The van der Waals surface area contributed by atoms with Gasteiger partial charge >= 0.3 is 6.03 Å². The van der Waals surface area contributed by atoms with E-state index >= 15 is 0 Å². The molecule has 1 aliphatic rings. The van der Waals surface area contributed by atoms with Crippen molar-refractivity contribution in [3.8, 4) is 0 Å². The van der Waals surface area contributed by atoms with Crippen LogP contribution in [0.15, 0.2) is 40.1 Å². The molecule has 1 aliphatic heterocycles. The Morgan fingerprint density at radius 2 is 1.93 bits per heavy atom. The van der Waals surface area contributed by atoms with E-state index in [1.165, 1.54) is 9.80 Å². The Bertz CT molecular complexity index is 954. The molecule has 0 unspecified atom stereocenters. The number of nitrogens with zero attached hydrogens (tertiary/aromatic N) is 3. The standard InChI is InChI=1S/C18H18Cl2N4O3/c1-9-7-14(22-27-9)21-17(25)15-10(2)23(3)18(26)24(4)16(15)12-6-5-11(19)8-13(12)20/h5-8,16H,1-4H3,(H,21,22,25)/t16-/m1/s1. The van der Waals surface area contributed by atoms with Gasteiger partial charge in [0.25, 0.3) is 5.91 Å². The van der Waals surface area contributed by atoms with E-state index in [9.17, 15) is 9.59 Å². The molecule has 3 amide bonds. The fraction of sp³-hybridized carbons (Fsp3) is 0.278. The van der Waals surface area contributed by atoms with Gasteiger partial charge in [-0.2, -0.15) is 0 Å². The summed E-state index contributed by atoms with van der Waals surface area (Å²) in [6, 6.07) is 5.65. The van der Waals surface area contributed by atoms with Gasteiger partial charge < -0.3 is 19.6 Å². The normalized spacial score (nSPS) is 17.6. The Morgan fingerprint density at radius 1 is 1.22 bits per heavy atom. The molecule has 9 heteroatoms. The second kappa shape index (κ2) is 7.25. The van der Waals surface area contributed by atoms with Gasteiger partial charge in [-0.1, -0.05) is 34.4 Å². The highest BCUT2D eigenvalue weighted by Gasteiger charge is 2.39. The van der Waals surface area contributed by atoms with Crippen LogP contribution < -0.4 is 5.32 Å². The lowest BCUT2D eigenvalue weighted by molar-refractivity contribution is -0.113. The molecule has 7 nitrogen and oxygen atoms in total. The summed E-state index contributed by atoms with van der Waals surface area (Å²) >= 11 is 12.4. The molecule has 0 bridgehead atoms. The molecule has 0 spiro atoms. The second-order valence-corrected chi connectivity index (χ2v) is 7.14. The number of anilines is 1. The molecule has 1 atom stereocenters. The SMILES string of the molecule is CC1=C(C(=O)Nc2cc(C)on2)[C@@H](c2ccc(Cl)cc2Cl)N(C)C(=O)N1C. The molecular weight excluding hydrogens is 391 g/mol. The van der Waals surface area contributed by atoms with Crippen LogP contribution in [0.4, 0.5) is 10.6 Å². The number of carbonyl (C=O) groups is 2. The monoisotopic (exact) mass is 408 g/mol. The molecule has 0 saturated carbocycles. The van der Waals surface area contributed by atoms with E-state index in [0.717, 1.165) is 0 Å². The number of benzene rings is 1. The van der Waals surface area contributed by atoms with Crippen molar-refractivity contribution in [1.82, 2.24) is 15.0 Å². The predicted octanol–water partition coefficient (Wildman–Crippen LogP) is 4.24. The fourth-order valence-corrected chi connectivity index (χ4v) is 3.56. The first-order chi connectivity index (χ1) is 12.7. The van der Waals surface area contributed by atoms with E-state index in [2.05, 4.69) is 10.5 Å². The molecule has 2 aromatic rings. The summed E-state index contributed by atoms with van der Waals surface area (Å²) in [5.41, 5.74) is 1.50. The minimum atomic E-state index is -0.675. The number of carbonyl (C=O) groups excluding carboxylic acids is 2. The van der Waals surface area contributed by atoms with Gasteiger partial charge in [-0.25, -0.2) is 4.79 Å². The van der Waals surface area contributed by atoms with E-state index < -0.39 is 11.9 Å². The van der Waals surface area contributed by atoms with Gasteiger partial charge in [0, 0.05) is 35.9 Å². The first kappa shape index (κ1) is 19.3. The number of nitrogens with one attached hydrogen (secondary N) is 1. The van der Waals surface area contributed by atoms with Gasteiger partial charge in [0.15, 0.2) is 5.82 Å². The predicted molar refractivity (Wildman–Crippen MR) is 103 cm³/mol. The van der Waals surface area contributed by atoms with Crippen LogP contribution in [0.25, 0.3) is 0 Å². The number of rotatable bonds is 3. The first-order valence-corrected chi connectivity index (χ1v) is 8.87. The molecule has 0 saturated heterocycles. The summed E-state index contributed by atoms with van der Waals surface area (Å²) in [5.74, 6) is 0.463. The lowest BCUT2D eigenvalue weighted by atomic mass is 9.93. The van der Waals surface area contributed by atoms with Crippen LogP contribution in [0.2, 0.25) is 10.0 Å². The molecule has 142 valence electrons. The topological polar surface area (TPSA) is 78.7 Å². The minimum Gasteiger partial charge on any atom is -0.360 e. The van der Waals surface area contributed by atoms with E-state index in [1.807, 2.05) is 0 Å². The Hall–Kier alpha value is -2.51. The zero-order valence-corrected chi connectivity index (χ0v) is 16.7. The summed E-state index contributed by atoms with van der Waals surface area (Å²) in [6.45, 7) is 3.44. The molecule has 0 fully saturated rings. The molecule has 2 heterocycles. The Morgan fingerprint density at radius 3 is 2.52 bits per heavy atom. The molecule has 1 N–H and O–H groups in total. The van der Waals surface area contributed by atoms with E-state index in [0.29, 0.717) is 38.5 Å². The van der Waals surface area contributed by atoms with Crippen molar-refractivity contribution in [3.63, 3.8) is 0 Å². The van der Waals surface area contributed by atoms with Crippen LogP contribution >= 0.6 is 23.2 Å². The third kappa shape index (κ3) is 3.52. The van der Waals surface area contributed by atoms with Crippen molar-refractivity contribution in [2.45, 2.75) is 19.9 Å². The van der Waals surface area contributed by atoms with Gasteiger partial charge in [-0.15, -0.1) is 0 Å². The molecule has 27 heavy (non-hydrogen) atoms. The number of allylic oxidation sites excluding steroid dienone is 1. The lowest BCUT2D eigenvalue weighted by Gasteiger charge is -2.40. The average Bonchev–Trinajstić information content (AvgIpc) is 3.01. The van der Waals surface area contributed by atoms with Crippen LogP contribution in [0.1, 0.15) is 24.3 Å². The van der Waals surface area contributed by atoms with Gasteiger partial charge in [-0.05, 0) is 31.5 Å². The van der Waals surface area contributed by atoms with Gasteiger partial charge in [0.1, 0.15) is 5.76 Å². The van der Waals surface area contributed by atoms with Crippen LogP contribution in [0, 0.1) is 6.92 Å². The Balaban J connectivity index is 2.09. The number of amides is 3. The number of likely N-dealkylation sites (N-methyl/N-ethyl adjacent to an activating group) is 1. The smallest absolute Gasteiger partial charge is 0.324 e. The van der Waals surface area contributed by atoms with Crippen molar-refractivity contribution in [2.24, 2.45) is 0 Å². The van der Waals surface area contributed by atoms with Crippen LogP contribution in [-0.2, 0) is 4.79 Å². The lowest BCUT2D eigenvalue weighted by Crippen LogP contribution is -2.47. The Kier molecular flexibility index (Phi) is 5.17. The van der Waals surface area contributed by atoms with E-state index in [-0.39, 0.29) is 6.03 Å². The summed E-state index contributed by atoms with van der Waals surface area (Å²) < 4.78 is 4.99. The fourth-order valence-electron chi connectivity index (χ4n) is 3.05. The number of aromatic nitrogens is 1. The maximum absolute atomic E-state index is 13.1. The summed E-state index contributed by atoms with van der Waals surface area (Å²) in [4.78, 5) is 28.6. The van der Waals surface area contributed by atoms with Gasteiger partial charge in [0.2, 0.25) is 0 Å². The quantitative estimate of drug-likeness (QED) is 0.823. The number of hydrogen-bond donors (Lipinski definition) is 1. The van der Waals surface area contributed by atoms with E-state index in [4.69, 9.17) is 27.7 Å². The molecule has 0 aliphatic carbocycles. The maximum atomic E-state index is 13.1. The zero-order valence-electron chi connectivity index (χ0n) is 15.2. The summed E-state index contributed by atoms with van der Waals surface area (Å²) in [6.07, 6.45) is 0. The number of aryl methyl sites for hydroxylation is 1. The van der Waals surface area contributed by atoms with Crippen LogP contribution in [0.5, 0.6) is 0 Å². The number of hydrogen-bond acceptors (Lipinski definition) is 4.